The van der Waals surface area contributed by atoms with Crippen molar-refractivity contribution in [2.75, 3.05) is 7.05 Å². The van der Waals surface area contributed by atoms with Gasteiger partial charge in [-0.25, -0.2) is 0 Å². The fourth-order valence-electron chi connectivity index (χ4n) is 6.34. The monoisotopic (exact) mass is 328 g/mol. The first-order valence-electron chi connectivity index (χ1n) is 9.83. The maximum atomic E-state index is 13.5. The van der Waals surface area contributed by atoms with E-state index in [1.165, 1.54) is 50.5 Å². The lowest BCUT2D eigenvalue weighted by atomic mass is 9.83. The molecule has 0 saturated heterocycles. The van der Waals surface area contributed by atoms with Crippen LogP contribution in [0.4, 0.5) is 0 Å². The van der Waals surface area contributed by atoms with Crippen molar-refractivity contribution >= 4 is 5.91 Å². The van der Waals surface area contributed by atoms with Gasteiger partial charge in [0, 0.05) is 23.6 Å². The summed E-state index contributed by atoms with van der Waals surface area (Å²) in [5.74, 6) is 3.32. The summed E-state index contributed by atoms with van der Waals surface area (Å²) in [5.41, 5.74) is 1.28. The van der Waals surface area contributed by atoms with Crippen LogP contribution in [0.15, 0.2) is 16.7 Å². The smallest absolute Gasteiger partial charge is 0.248 e. The van der Waals surface area contributed by atoms with E-state index in [2.05, 4.69) is 16.3 Å². The normalized spacial score (nSPS) is 41.2. The molecule has 4 heteroatoms. The molecule has 3 fully saturated rings. The second kappa shape index (κ2) is 5.62. The molecule has 1 aliphatic heterocycles. The van der Waals surface area contributed by atoms with Gasteiger partial charge in [-0.05, 0) is 57.1 Å². The Labute approximate surface area is 144 Å². The highest BCUT2D eigenvalue weighted by atomic mass is 16.3. The molecule has 2 heterocycles. The fraction of sp³-hybridized carbons (Fsp3) is 0.750. The van der Waals surface area contributed by atoms with Crippen LogP contribution in [-0.4, -0.2) is 29.9 Å². The third-order valence-electron chi connectivity index (χ3n) is 7.27. The SMILES string of the molecule is CNC1C(=O)N(C2CC3CCC(C3)C2)C2CCCC2c2ccoc21. The molecular weight excluding hydrogens is 300 g/mol. The van der Waals surface area contributed by atoms with Gasteiger partial charge in [-0.3, -0.25) is 4.79 Å². The second-order valence-electron chi connectivity index (χ2n) is 8.48. The van der Waals surface area contributed by atoms with E-state index in [1.54, 1.807) is 6.26 Å². The van der Waals surface area contributed by atoms with Crippen molar-refractivity contribution in [2.24, 2.45) is 11.8 Å². The molecule has 5 unspecified atom stereocenters. The third-order valence-corrected chi connectivity index (χ3v) is 7.27. The molecule has 130 valence electrons. The van der Waals surface area contributed by atoms with Crippen LogP contribution in [0.1, 0.15) is 74.7 Å². The maximum absolute atomic E-state index is 13.5. The number of carbonyl (C=O) groups excluding carboxylic acids is 1. The molecule has 3 aliphatic carbocycles. The number of carbonyl (C=O) groups is 1. The average Bonchev–Trinajstić information content (AvgIpc) is 3.28. The van der Waals surface area contributed by atoms with Crippen molar-refractivity contribution in [1.82, 2.24) is 10.2 Å². The summed E-state index contributed by atoms with van der Waals surface area (Å²) in [5, 5.41) is 3.25. The number of hydrogen-bond donors (Lipinski definition) is 1. The number of amides is 1. The second-order valence-corrected chi connectivity index (χ2v) is 8.48. The van der Waals surface area contributed by atoms with Crippen LogP contribution in [0, 0.1) is 11.8 Å². The number of rotatable bonds is 2. The molecule has 1 amide bonds. The van der Waals surface area contributed by atoms with Crippen molar-refractivity contribution < 1.29 is 9.21 Å². The zero-order valence-corrected chi connectivity index (χ0v) is 14.5. The largest absolute Gasteiger partial charge is 0.467 e. The third kappa shape index (κ3) is 2.11. The summed E-state index contributed by atoms with van der Waals surface area (Å²) in [6.45, 7) is 0. The first kappa shape index (κ1) is 15.0. The number of fused-ring (bicyclic) bond motifs is 5. The fourth-order valence-corrected chi connectivity index (χ4v) is 6.34. The molecule has 5 atom stereocenters. The minimum atomic E-state index is -0.305. The lowest BCUT2D eigenvalue weighted by Crippen LogP contribution is -2.51. The highest BCUT2D eigenvalue weighted by molar-refractivity contribution is 5.84. The first-order valence-corrected chi connectivity index (χ1v) is 9.83. The lowest BCUT2D eigenvalue weighted by Gasteiger charge is -2.42. The van der Waals surface area contributed by atoms with Gasteiger partial charge in [0.2, 0.25) is 5.91 Å². The molecule has 0 aromatic carbocycles. The standard InChI is InChI=1S/C20H28N2O2/c1-21-18-19-16(7-8-24-19)15-3-2-4-17(15)22(20(18)23)14-10-12-5-6-13(9-12)11-14/h7-8,12-15,17-18,21H,2-6,9-11H2,1H3. The Balaban J connectivity index is 1.54. The molecule has 1 aromatic rings. The van der Waals surface area contributed by atoms with E-state index in [0.717, 1.165) is 24.0 Å². The van der Waals surface area contributed by atoms with Crippen LogP contribution >= 0.6 is 0 Å². The van der Waals surface area contributed by atoms with Crippen LogP contribution in [0.5, 0.6) is 0 Å². The maximum Gasteiger partial charge on any atom is 0.248 e. The van der Waals surface area contributed by atoms with Crippen molar-refractivity contribution in [3.05, 3.63) is 23.7 Å². The van der Waals surface area contributed by atoms with Gasteiger partial charge >= 0.3 is 0 Å². The van der Waals surface area contributed by atoms with Crippen molar-refractivity contribution in [3.63, 3.8) is 0 Å². The summed E-state index contributed by atoms with van der Waals surface area (Å²) < 4.78 is 5.80. The van der Waals surface area contributed by atoms with Crippen LogP contribution < -0.4 is 5.32 Å². The van der Waals surface area contributed by atoms with Gasteiger partial charge in [-0.1, -0.05) is 19.3 Å². The molecule has 5 rings (SSSR count). The summed E-state index contributed by atoms with van der Waals surface area (Å²) in [6, 6.07) is 2.65. The number of furan rings is 1. The van der Waals surface area contributed by atoms with E-state index in [-0.39, 0.29) is 11.9 Å². The van der Waals surface area contributed by atoms with E-state index in [4.69, 9.17) is 4.42 Å². The van der Waals surface area contributed by atoms with Crippen LogP contribution in [-0.2, 0) is 4.79 Å². The molecule has 1 aromatic heterocycles. The zero-order valence-electron chi connectivity index (χ0n) is 14.5. The van der Waals surface area contributed by atoms with Crippen molar-refractivity contribution in [2.45, 2.75) is 75.4 Å². The molecule has 0 spiro atoms. The number of hydrogen-bond acceptors (Lipinski definition) is 3. The van der Waals surface area contributed by atoms with Crippen LogP contribution in [0.3, 0.4) is 0 Å². The Hall–Kier alpha value is -1.29. The first-order chi connectivity index (χ1) is 11.8. The molecule has 3 saturated carbocycles. The van der Waals surface area contributed by atoms with Crippen molar-refractivity contribution in [3.8, 4) is 0 Å². The minimum absolute atomic E-state index is 0.259. The topological polar surface area (TPSA) is 45.5 Å². The van der Waals surface area contributed by atoms with Gasteiger partial charge in [0.1, 0.15) is 11.8 Å². The summed E-state index contributed by atoms with van der Waals surface area (Å²) in [7, 11) is 1.89. The Morgan fingerprint density at radius 1 is 1.12 bits per heavy atom. The van der Waals surface area contributed by atoms with Gasteiger partial charge in [0.25, 0.3) is 0 Å². The van der Waals surface area contributed by atoms with Gasteiger partial charge in [-0.15, -0.1) is 0 Å². The quantitative estimate of drug-likeness (QED) is 0.902. The number of nitrogens with one attached hydrogen (secondary N) is 1. The van der Waals surface area contributed by atoms with E-state index in [1.807, 2.05) is 7.05 Å². The predicted octanol–water partition coefficient (Wildman–Crippen LogP) is 3.60. The van der Waals surface area contributed by atoms with Gasteiger partial charge < -0.3 is 14.6 Å². The molecule has 4 aliphatic rings. The molecular formula is C20H28N2O2. The van der Waals surface area contributed by atoms with E-state index >= 15 is 0 Å². The average molecular weight is 328 g/mol. The molecule has 2 bridgehead atoms. The summed E-state index contributed by atoms with van der Waals surface area (Å²) >= 11 is 0. The zero-order chi connectivity index (χ0) is 16.3. The summed E-state index contributed by atoms with van der Waals surface area (Å²) in [4.78, 5) is 15.8. The Kier molecular flexibility index (Phi) is 3.51. The van der Waals surface area contributed by atoms with Gasteiger partial charge in [0.05, 0.1) is 6.26 Å². The highest BCUT2D eigenvalue weighted by Gasteiger charge is 2.49. The van der Waals surface area contributed by atoms with Gasteiger partial charge in [0.15, 0.2) is 0 Å². The Morgan fingerprint density at radius 3 is 2.67 bits per heavy atom. The Bertz CT molecular complexity index is 627. The number of nitrogens with zero attached hydrogens (tertiary/aromatic N) is 1. The molecule has 24 heavy (non-hydrogen) atoms. The number of likely N-dealkylation sites (N-methyl/N-ethyl adjacent to an activating group) is 1. The van der Waals surface area contributed by atoms with E-state index < -0.39 is 0 Å². The van der Waals surface area contributed by atoms with Gasteiger partial charge in [-0.2, -0.15) is 0 Å². The van der Waals surface area contributed by atoms with E-state index in [0.29, 0.717) is 18.0 Å². The molecule has 1 N–H and O–H groups in total. The predicted molar refractivity (Wildman–Crippen MR) is 91.6 cm³/mol. The van der Waals surface area contributed by atoms with Crippen LogP contribution in [0.25, 0.3) is 0 Å². The Morgan fingerprint density at radius 2 is 1.92 bits per heavy atom. The summed E-state index contributed by atoms with van der Waals surface area (Å²) in [6.07, 6.45) is 12.0. The minimum Gasteiger partial charge on any atom is -0.467 e. The molecule has 0 radical (unpaired) electrons. The van der Waals surface area contributed by atoms with Crippen molar-refractivity contribution in [1.29, 1.82) is 0 Å². The van der Waals surface area contributed by atoms with Crippen LogP contribution in [0.2, 0.25) is 0 Å². The van der Waals surface area contributed by atoms with E-state index in [9.17, 15) is 4.79 Å². The molecule has 4 nitrogen and oxygen atoms in total. The lowest BCUT2D eigenvalue weighted by molar-refractivity contribution is -0.140. The highest BCUT2D eigenvalue weighted by Crippen LogP contribution is 2.49.